The lowest BCUT2D eigenvalue weighted by Crippen LogP contribution is -2.51. The third-order valence-electron chi connectivity index (χ3n) is 3.22. The van der Waals surface area contributed by atoms with Gasteiger partial charge in [0.05, 0.1) is 6.54 Å². The molecule has 0 saturated carbocycles. The molecule has 0 aromatic rings. The molecule has 1 heterocycles. The molecule has 0 spiro atoms. The van der Waals surface area contributed by atoms with E-state index in [1.807, 2.05) is 6.92 Å². The van der Waals surface area contributed by atoms with Crippen molar-refractivity contribution in [3.8, 4) is 12.3 Å². The Kier molecular flexibility index (Phi) is 5.50. The van der Waals surface area contributed by atoms with E-state index in [-0.39, 0.29) is 25.2 Å². The van der Waals surface area contributed by atoms with Crippen molar-refractivity contribution >= 4 is 12.0 Å². The van der Waals surface area contributed by atoms with Crippen molar-refractivity contribution in [3.63, 3.8) is 0 Å². The summed E-state index contributed by atoms with van der Waals surface area (Å²) in [6, 6.07) is -0.0396. The van der Waals surface area contributed by atoms with Gasteiger partial charge in [-0.1, -0.05) is 12.8 Å². The quantitative estimate of drug-likeness (QED) is 0.769. The number of rotatable bonds is 4. The molecule has 1 fully saturated rings. The lowest BCUT2D eigenvalue weighted by Gasteiger charge is -2.37. The minimum atomic E-state index is -1.04. The van der Waals surface area contributed by atoms with Crippen molar-refractivity contribution in [2.45, 2.75) is 38.6 Å². The number of carboxylic acid groups (broad SMARTS) is 1. The highest BCUT2D eigenvalue weighted by Crippen LogP contribution is 2.20. The Bertz CT molecular complexity index is 349. The Hall–Kier alpha value is -1.70. The third-order valence-corrected chi connectivity index (χ3v) is 3.22. The molecule has 1 aliphatic heterocycles. The zero-order valence-electron chi connectivity index (χ0n) is 10.8. The summed E-state index contributed by atoms with van der Waals surface area (Å²) >= 11 is 0. The van der Waals surface area contributed by atoms with Gasteiger partial charge in [0.1, 0.15) is 6.54 Å². The summed E-state index contributed by atoms with van der Waals surface area (Å²) < 4.78 is 0. The molecule has 1 atom stereocenters. The minimum Gasteiger partial charge on any atom is -0.480 e. The fourth-order valence-electron chi connectivity index (χ4n) is 2.32. The van der Waals surface area contributed by atoms with E-state index in [4.69, 9.17) is 11.5 Å². The van der Waals surface area contributed by atoms with Crippen LogP contribution in [0.2, 0.25) is 0 Å². The molecule has 2 amide bonds. The van der Waals surface area contributed by atoms with E-state index in [0.29, 0.717) is 6.54 Å². The molecular formula is C13H20N2O3. The fraction of sp³-hybridized carbons (Fsp3) is 0.692. The highest BCUT2D eigenvalue weighted by atomic mass is 16.4. The van der Waals surface area contributed by atoms with Crippen molar-refractivity contribution in [1.29, 1.82) is 0 Å². The van der Waals surface area contributed by atoms with E-state index < -0.39 is 5.97 Å². The zero-order chi connectivity index (χ0) is 13.5. The van der Waals surface area contributed by atoms with Crippen molar-refractivity contribution in [2.24, 2.45) is 0 Å². The van der Waals surface area contributed by atoms with Gasteiger partial charge < -0.3 is 14.9 Å². The Morgan fingerprint density at radius 3 is 2.78 bits per heavy atom. The summed E-state index contributed by atoms with van der Waals surface area (Å²) in [6.45, 7) is 2.44. The smallest absolute Gasteiger partial charge is 0.323 e. The van der Waals surface area contributed by atoms with E-state index in [0.717, 1.165) is 25.7 Å². The minimum absolute atomic E-state index is 0.0397. The predicted molar refractivity (Wildman–Crippen MR) is 68.1 cm³/mol. The molecule has 5 nitrogen and oxygen atoms in total. The maximum Gasteiger partial charge on any atom is 0.323 e. The molecule has 100 valence electrons. The number of hydrogen-bond acceptors (Lipinski definition) is 2. The molecule has 5 heteroatoms. The van der Waals surface area contributed by atoms with Crippen molar-refractivity contribution in [3.05, 3.63) is 0 Å². The van der Waals surface area contributed by atoms with Crippen LogP contribution in [0.25, 0.3) is 0 Å². The van der Waals surface area contributed by atoms with E-state index in [9.17, 15) is 9.59 Å². The second-order valence-electron chi connectivity index (χ2n) is 4.49. The molecule has 0 aromatic heterocycles. The highest BCUT2D eigenvalue weighted by Gasteiger charge is 2.29. The van der Waals surface area contributed by atoms with Gasteiger partial charge in [-0.2, -0.15) is 0 Å². The van der Waals surface area contributed by atoms with Crippen LogP contribution in [0.4, 0.5) is 4.79 Å². The number of nitrogens with zero attached hydrogens (tertiary/aromatic N) is 2. The van der Waals surface area contributed by atoms with Crippen molar-refractivity contribution in [2.75, 3.05) is 19.6 Å². The summed E-state index contributed by atoms with van der Waals surface area (Å²) in [5.41, 5.74) is 0. The Morgan fingerprint density at radius 2 is 2.22 bits per heavy atom. The number of terminal acetylenes is 1. The number of carbonyl (C=O) groups excluding carboxylic acids is 1. The Labute approximate surface area is 108 Å². The lowest BCUT2D eigenvalue weighted by atomic mass is 10.0. The van der Waals surface area contributed by atoms with E-state index in [1.54, 1.807) is 4.90 Å². The Morgan fingerprint density at radius 1 is 1.50 bits per heavy atom. The molecule has 0 aliphatic carbocycles. The van der Waals surface area contributed by atoms with Gasteiger partial charge in [0, 0.05) is 12.6 Å². The average Bonchev–Trinajstić information content (AvgIpc) is 2.37. The van der Waals surface area contributed by atoms with E-state index in [2.05, 4.69) is 5.92 Å². The highest BCUT2D eigenvalue weighted by molar-refractivity contribution is 5.80. The van der Waals surface area contributed by atoms with Crippen LogP contribution >= 0.6 is 0 Å². The number of carbonyl (C=O) groups is 2. The molecule has 0 bridgehead atoms. The number of hydrogen-bond donors (Lipinski definition) is 1. The van der Waals surface area contributed by atoms with Crippen LogP contribution in [0.5, 0.6) is 0 Å². The first-order valence-electron chi connectivity index (χ1n) is 6.31. The number of piperidine rings is 1. The van der Waals surface area contributed by atoms with Crippen molar-refractivity contribution in [1.82, 2.24) is 9.80 Å². The number of likely N-dealkylation sites (tertiary alicyclic amines) is 1. The van der Waals surface area contributed by atoms with Crippen LogP contribution in [0.1, 0.15) is 32.6 Å². The second-order valence-corrected chi connectivity index (χ2v) is 4.49. The maximum atomic E-state index is 12.3. The van der Waals surface area contributed by atoms with Crippen LogP contribution in [0.3, 0.4) is 0 Å². The average molecular weight is 252 g/mol. The molecule has 1 rings (SSSR count). The standard InChI is InChI=1S/C13H20N2O3/c1-3-8-14(10-12(16)17)13(18)15-9-6-5-7-11(15)4-2/h1,11H,4-10H2,2H3,(H,16,17). The van der Waals surface area contributed by atoms with Gasteiger partial charge in [-0.3, -0.25) is 4.79 Å². The monoisotopic (exact) mass is 252 g/mol. The topological polar surface area (TPSA) is 60.9 Å². The first-order valence-corrected chi connectivity index (χ1v) is 6.31. The van der Waals surface area contributed by atoms with Gasteiger partial charge in [0.15, 0.2) is 0 Å². The molecule has 1 N–H and O–H groups in total. The van der Waals surface area contributed by atoms with Crippen molar-refractivity contribution < 1.29 is 14.7 Å². The molecular weight excluding hydrogens is 232 g/mol. The second kappa shape index (κ2) is 6.90. The van der Waals surface area contributed by atoms with Gasteiger partial charge in [0.2, 0.25) is 0 Å². The maximum absolute atomic E-state index is 12.3. The Balaban J connectivity index is 2.74. The SMILES string of the molecule is C#CCN(CC(=O)O)C(=O)N1CCCCC1CC. The van der Waals surface area contributed by atoms with E-state index in [1.165, 1.54) is 4.90 Å². The predicted octanol–water partition coefficient (Wildman–Crippen LogP) is 1.39. The lowest BCUT2D eigenvalue weighted by molar-refractivity contribution is -0.137. The van der Waals surface area contributed by atoms with Gasteiger partial charge in [0.25, 0.3) is 0 Å². The van der Waals surface area contributed by atoms with Gasteiger partial charge in [-0.15, -0.1) is 6.42 Å². The summed E-state index contributed by atoms with van der Waals surface area (Å²) in [6.07, 6.45) is 9.15. The number of urea groups is 1. The van der Waals surface area contributed by atoms with Gasteiger partial charge in [-0.25, -0.2) is 4.79 Å². The first kappa shape index (κ1) is 14.4. The number of aliphatic carboxylic acids is 1. The normalized spacial score (nSPS) is 19.1. The van der Waals surface area contributed by atoms with Crippen LogP contribution in [-0.4, -0.2) is 52.6 Å². The van der Waals surface area contributed by atoms with Crippen LogP contribution in [0.15, 0.2) is 0 Å². The summed E-state index contributed by atoms with van der Waals surface area (Å²) in [4.78, 5) is 26.0. The van der Waals surface area contributed by atoms with E-state index >= 15 is 0 Å². The largest absolute Gasteiger partial charge is 0.480 e. The number of carboxylic acids is 1. The summed E-state index contributed by atoms with van der Waals surface area (Å²) in [5, 5.41) is 8.80. The first-order chi connectivity index (χ1) is 8.60. The molecule has 1 saturated heterocycles. The third kappa shape index (κ3) is 3.66. The van der Waals surface area contributed by atoms with Crippen LogP contribution in [-0.2, 0) is 4.79 Å². The zero-order valence-corrected chi connectivity index (χ0v) is 10.8. The molecule has 1 unspecified atom stereocenters. The number of amides is 2. The van der Waals surface area contributed by atoms with Crippen LogP contribution < -0.4 is 0 Å². The molecule has 0 aromatic carbocycles. The summed E-state index contributed by atoms with van der Waals surface area (Å²) in [5.74, 6) is 1.30. The molecule has 18 heavy (non-hydrogen) atoms. The summed E-state index contributed by atoms with van der Waals surface area (Å²) in [7, 11) is 0. The molecule has 0 radical (unpaired) electrons. The van der Waals surface area contributed by atoms with Crippen LogP contribution in [0, 0.1) is 12.3 Å². The molecule has 1 aliphatic rings. The fourth-order valence-corrected chi connectivity index (χ4v) is 2.32. The van der Waals surface area contributed by atoms with Gasteiger partial charge >= 0.3 is 12.0 Å². The van der Waals surface area contributed by atoms with Gasteiger partial charge in [-0.05, 0) is 25.7 Å².